The topological polar surface area (TPSA) is 90.5 Å². The molecule has 7 heteroatoms. The van der Waals surface area contributed by atoms with Crippen molar-refractivity contribution in [3.63, 3.8) is 0 Å². The van der Waals surface area contributed by atoms with Gasteiger partial charge in [-0.25, -0.2) is 0 Å². The first kappa shape index (κ1) is 14.4. The first-order chi connectivity index (χ1) is 7.98. The molecule has 0 amide bonds. The molecule has 0 aliphatic carbocycles. The maximum absolute atomic E-state index is 12.3. The van der Waals surface area contributed by atoms with Crippen LogP contribution in [-0.2, 0) is 10.2 Å². The number of hydrogen-bond acceptors (Lipinski definition) is 3. The highest BCUT2D eigenvalue weighted by molar-refractivity contribution is 7.86. The Balaban J connectivity index is 2.67. The third-order valence-corrected chi connectivity index (χ3v) is 5.06. The van der Waals surface area contributed by atoms with Crippen molar-refractivity contribution in [2.75, 3.05) is 26.2 Å². The van der Waals surface area contributed by atoms with E-state index in [1.165, 1.54) is 4.31 Å². The minimum Gasteiger partial charge on any atom is -0.388 e. The quantitative estimate of drug-likeness (QED) is 0.535. The fourth-order valence-corrected chi connectivity index (χ4v) is 3.64. The second-order valence-corrected chi connectivity index (χ2v) is 6.16. The van der Waals surface area contributed by atoms with Crippen LogP contribution in [0.25, 0.3) is 0 Å². The minimum absolute atomic E-state index is 0.0253. The fourth-order valence-electron chi connectivity index (χ4n) is 1.94. The van der Waals surface area contributed by atoms with E-state index in [1.807, 2.05) is 6.92 Å². The van der Waals surface area contributed by atoms with E-state index in [-0.39, 0.29) is 5.84 Å². The molecule has 17 heavy (non-hydrogen) atoms. The Hall–Kier alpha value is -0.660. The van der Waals surface area contributed by atoms with Crippen molar-refractivity contribution in [3.05, 3.63) is 0 Å². The van der Waals surface area contributed by atoms with Crippen LogP contribution in [0.3, 0.4) is 0 Å². The van der Waals surface area contributed by atoms with Crippen LogP contribution < -0.4 is 5.73 Å². The fraction of sp³-hybridized carbons (Fsp3) is 0.900. The lowest BCUT2D eigenvalue weighted by Gasteiger charge is -2.31. The van der Waals surface area contributed by atoms with Gasteiger partial charge >= 0.3 is 0 Å². The minimum atomic E-state index is -3.36. The van der Waals surface area contributed by atoms with Gasteiger partial charge in [0.25, 0.3) is 10.2 Å². The smallest absolute Gasteiger partial charge is 0.281 e. The maximum atomic E-state index is 12.3. The average Bonchev–Trinajstić information content (AvgIpc) is 2.30. The highest BCUT2D eigenvalue weighted by Gasteiger charge is 2.29. The lowest BCUT2D eigenvalue weighted by molar-refractivity contribution is 0.308. The molecule has 0 bridgehead atoms. The molecule has 0 aromatic heterocycles. The molecule has 1 aliphatic heterocycles. The zero-order valence-corrected chi connectivity index (χ0v) is 11.2. The van der Waals surface area contributed by atoms with Crippen molar-refractivity contribution in [3.8, 4) is 0 Å². The lowest BCUT2D eigenvalue weighted by Crippen LogP contribution is -2.46. The zero-order valence-electron chi connectivity index (χ0n) is 10.4. The van der Waals surface area contributed by atoms with E-state index >= 15 is 0 Å². The van der Waals surface area contributed by atoms with Gasteiger partial charge in [0.15, 0.2) is 0 Å². The van der Waals surface area contributed by atoms with Gasteiger partial charge in [-0.15, -0.1) is 0 Å². The molecule has 1 fully saturated rings. The zero-order chi connectivity index (χ0) is 12.9. The summed E-state index contributed by atoms with van der Waals surface area (Å²) in [6, 6.07) is 0. The number of amidine groups is 1. The second-order valence-electron chi connectivity index (χ2n) is 4.23. The molecule has 0 spiro atoms. The number of nitrogens with zero attached hydrogens (tertiary/aromatic N) is 2. The highest BCUT2D eigenvalue weighted by Crippen LogP contribution is 2.16. The summed E-state index contributed by atoms with van der Waals surface area (Å²) in [6.45, 7) is 3.75. The van der Waals surface area contributed by atoms with Gasteiger partial charge in [0.2, 0.25) is 0 Å². The van der Waals surface area contributed by atoms with Gasteiger partial charge in [-0.1, -0.05) is 13.3 Å². The molecule has 0 saturated carbocycles. The molecule has 1 aliphatic rings. The van der Waals surface area contributed by atoms with E-state index in [0.29, 0.717) is 32.6 Å². The van der Waals surface area contributed by atoms with Gasteiger partial charge in [-0.05, 0) is 12.8 Å². The molecule has 1 rings (SSSR count). The number of rotatable bonds is 6. The van der Waals surface area contributed by atoms with Crippen molar-refractivity contribution >= 4 is 16.0 Å². The lowest BCUT2D eigenvalue weighted by atomic mass is 10.2. The van der Waals surface area contributed by atoms with Crippen molar-refractivity contribution in [2.24, 2.45) is 5.73 Å². The molecule has 3 N–H and O–H groups in total. The Morgan fingerprint density at radius 3 is 2.41 bits per heavy atom. The van der Waals surface area contributed by atoms with Gasteiger partial charge in [0, 0.05) is 32.6 Å². The number of nitrogens with one attached hydrogen (secondary N) is 1. The summed E-state index contributed by atoms with van der Waals surface area (Å²) in [5.41, 5.74) is 5.27. The van der Waals surface area contributed by atoms with Crippen LogP contribution >= 0.6 is 0 Å². The number of piperidine rings is 1. The Labute approximate surface area is 103 Å². The second kappa shape index (κ2) is 6.32. The molecule has 0 atom stereocenters. The molecule has 1 saturated heterocycles. The largest absolute Gasteiger partial charge is 0.388 e. The number of nitrogens with two attached hydrogens (primary N) is 1. The molecular formula is C10H22N4O2S. The molecule has 0 aromatic rings. The van der Waals surface area contributed by atoms with E-state index in [2.05, 4.69) is 0 Å². The van der Waals surface area contributed by atoms with E-state index in [0.717, 1.165) is 19.3 Å². The van der Waals surface area contributed by atoms with Gasteiger partial charge < -0.3 is 5.73 Å². The first-order valence-corrected chi connectivity index (χ1v) is 7.46. The molecular weight excluding hydrogens is 240 g/mol. The normalized spacial score (nSPS) is 18.5. The summed E-state index contributed by atoms with van der Waals surface area (Å²) in [7, 11) is -3.36. The van der Waals surface area contributed by atoms with Crippen molar-refractivity contribution in [1.29, 1.82) is 5.41 Å². The molecule has 1 heterocycles. The van der Waals surface area contributed by atoms with E-state index in [4.69, 9.17) is 11.1 Å². The van der Waals surface area contributed by atoms with Crippen molar-refractivity contribution < 1.29 is 8.42 Å². The molecule has 6 nitrogen and oxygen atoms in total. The van der Waals surface area contributed by atoms with Gasteiger partial charge in [-0.2, -0.15) is 17.0 Å². The third kappa shape index (κ3) is 3.93. The Morgan fingerprint density at radius 2 is 1.94 bits per heavy atom. The predicted molar refractivity (Wildman–Crippen MR) is 68.1 cm³/mol. The van der Waals surface area contributed by atoms with Crippen LogP contribution in [0.5, 0.6) is 0 Å². The molecule has 100 valence electrons. The van der Waals surface area contributed by atoms with E-state index in [1.54, 1.807) is 4.31 Å². The van der Waals surface area contributed by atoms with Crippen molar-refractivity contribution in [2.45, 2.75) is 32.6 Å². The Bertz CT molecular complexity index is 349. The molecule has 0 radical (unpaired) electrons. The summed E-state index contributed by atoms with van der Waals surface area (Å²) in [6.07, 6.45) is 3.26. The molecule has 0 unspecified atom stereocenters. The van der Waals surface area contributed by atoms with Crippen LogP contribution in [-0.4, -0.2) is 49.0 Å². The van der Waals surface area contributed by atoms with Crippen molar-refractivity contribution in [1.82, 2.24) is 8.61 Å². The van der Waals surface area contributed by atoms with Gasteiger partial charge in [0.1, 0.15) is 0 Å². The average molecular weight is 262 g/mol. The summed E-state index contributed by atoms with van der Waals surface area (Å²) < 4.78 is 27.5. The SMILES string of the molecule is CCN(CCC(=N)N)S(=O)(=O)N1CCCCC1. The van der Waals surface area contributed by atoms with Crippen LogP contribution in [0.15, 0.2) is 0 Å². The monoisotopic (exact) mass is 262 g/mol. The standard InChI is InChI=1S/C10H22N4O2S/c1-2-13(9-6-10(11)12)17(15,16)14-7-4-3-5-8-14/h2-9H2,1H3,(H3,11,12). The molecule has 0 aromatic carbocycles. The Kier molecular flexibility index (Phi) is 5.35. The predicted octanol–water partition coefficient (Wildman–Crippen LogP) is 0.365. The third-order valence-electron chi connectivity index (χ3n) is 2.95. The van der Waals surface area contributed by atoms with Crippen LogP contribution in [0, 0.1) is 5.41 Å². The van der Waals surface area contributed by atoms with Gasteiger partial charge in [0.05, 0.1) is 5.84 Å². The first-order valence-electron chi connectivity index (χ1n) is 6.06. The Morgan fingerprint density at radius 1 is 1.35 bits per heavy atom. The summed E-state index contributed by atoms with van der Waals surface area (Å²) in [5.74, 6) is 0.0253. The summed E-state index contributed by atoms with van der Waals surface area (Å²) >= 11 is 0. The van der Waals surface area contributed by atoms with Gasteiger partial charge in [-0.3, -0.25) is 5.41 Å². The number of hydrogen-bond donors (Lipinski definition) is 2. The van der Waals surface area contributed by atoms with Crippen LogP contribution in [0.2, 0.25) is 0 Å². The summed E-state index contributed by atoms with van der Waals surface area (Å²) in [5, 5.41) is 7.15. The van der Waals surface area contributed by atoms with Crippen LogP contribution in [0.1, 0.15) is 32.6 Å². The van der Waals surface area contributed by atoms with Crippen LogP contribution in [0.4, 0.5) is 0 Å². The maximum Gasteiger partial charge on any atom is 0.281 e. The summed E-state index contributed by atoms with van der Waals surface area (Å²) in [4.78, 5) is 0. The highest BCUT2D eigenvalue weighted by atomic mass is 32.2. The van der Waals surface area contributed by atoms with E-state index < -0.39 is 10.2 Å². The van der Waals surface area contributed by atoms with E-state index in [9.17, 15) is 8.42 Å².